The molecule has 4 rings (SSSR count). The third-order valence-corrected chi connectivity index (χ3v) is 5.23. The van der Waals surface area contributed by atoms with E-state index in [9.17, 15) is 4.79 Å². The van der Waals surface area contributed by atoms with Crippen LogP contribution in [0.2, 0.25) is 5.02 Å². The van der Waals surface area contributed by atoms with Gasteiger partial charge in [0, 0.05) is 28.3 Å². The zero-order chi connectivity index (χ0) is 18.6. The van der Waals surface area contributed by atoms with Crippen LogP contribution in [-0.2, 0) is 24.2 Å². The van der Waals surface area contributed by atoms with Crippen molar-refractivity contribution >= 4 is 39.8 Å². The average Bonchev–Trinajstić information content (AvgIpc) is 3.28. The van der Waals surface area contributed by atoms with Crippen molar-refractivity contribution in [2.75, 3.05) is 0 Å². The van der Waals surface area contributed by atoms with Gasteiger partial charge in [-0.1, -0.05) is 47.1 Å². The van der Waals surface area contributed by atoms with Gasteiger partial charge in [-0.05, 0) is 17.7 Å². The minimum absolute atomic E-state index is 0.127. The second-order valence-electron chi connectivity index (χ2n) is 6.12. The van der Waals surface area contributed by atoms with Gasteiger partial charge in [-0.3, -0.25) is 4.79 Å². The van der Waals surface area contributed by atoms with Gasteiger partial charge in [-0.2, -0.15) is 0 Å². The van der Waals surface area contributed by atoms with E-state index in [-0.39, 0.29) is 12.3 Å². The number of nitrogens with one attached hydrogen (secondary N) is 1. The molecule has 2 heterocycles. The largest absolute Gasteiger partial charge is 0.356 e. The van der Waals surface area contributed by atoms with Crippen LogP contribution < -0.4 is 5.32 Å². The number of thiazole rings is 1. The molecule has 0 fully saturated rings. The molecule has 0 saturated heterocycles. The summed E-state index contributed by atoms with van der Waals surface area (Å²) in [6.45, 7) is 0.395. The van der Waals surface area contributed by atoms with E-state index in [2.05, 4.69) is 27.6 Å². The topological polar surface area (TPSA) is 68.0 Å². The van der Waals surface area contributed by atoms with E-state index in [0.29, 0.717) is 22.8 Å². The lowest BCUT2D eigenvalue weighted by molar-refractivity contribution is -0.120. The molecule has 1 amide bonds. The molecule has 0 spiro atoms. The third kappa shape index (κ3) is 4.35. The fourth-order valence-electron chi connectivity index (χ4n) is 2.78. The van der Waals surface area contributed by atoms with Crippen LogP contribution in [-0.4, -0.2) is 16.0 Å². The second kappa shape index (κ2) is 7.90. The van der Waals surface area contributed by atoms with Gasteiger partial charge in [0.15, 0.2) is 5.58 Å². The molecule has 0 aliphatic carbocycles. The number of hydrogen-bond acceptors (Lipinski definition) is 5. The second-order valence-corrected chi connectivity index (χ2v) is 7.50. The zero-order valence-electron chi connectivity index (χ0n) is 14.3. The normalized spacial score (nSPS) is 11.0. The predicted molar refractivity (Wildman–Crippen MR) is 106 cm³/mol. The number of benzene rings is 2. The van der Waals surface area contributed by atoms with Crippen molar-refractivity contribution in [3.63, 3.8) is 0 Å². The molecular weight excluding hydrogens is 382 g/mol. The van der Waals surface area contributed by atoms with Crippen LogP contribution in [0.15, 0.2) is 58.4 Å². The van der Waals surface area contributed by atoms with E-state index >= 15 is 0 Å². The molecule has 2 aromatic carbocycles. The highest BCUT2D eigenvalue weighted by molar-refractivity contribution is 7.09. The molecule has 5 nitrogen and oxygen atoms in total. The Morgan fingerprint density at radius 2 is 2.04 bits per heavy atom. The monoisotopic (exact) mass is 397 g/mol. The number of rotatable bonds is 6. The number of fused-ring (bicyclic) bond motifs is 1. The lowest BCUT2D eigenvalue weighted by Gasteiger charge is -2.02. The highest BCUT2D eigenvalue weighted by Gasteiger charge is 2.13. The van der Waals surface area contributed by atoms with Gasteiger partial charge in [0.05, 0.1) is 23.7 Å². The van der Waals surface area contributed by atoms with Gasteiger partial charge < -0.3 is 9.84 Å². The maximum absolute atomic E-state index is 12.2. The zero-order valence-corrected chi connectivity index (χ0v) is 15.9. The summed E-state index contributed by atoms with van der Waals surface area (Å²) >= 11 is 7.53. The summed E-state index contributed by atoms with van der Waals surface area (Å²) in [6, 6.07) is 15.5. The van der Waals surface area contributed by atoms with E-state index in [1.807, 2.05) is 29.6 Å². The van der Waals surface area contributed by atoms with Gasteiger partial charge in [0.1, 0.15) is 5.69 Å². The van der Waals surface area contributed by atoms with Crippen molar-refractivity contribution in [2.45, 2.75) is 19.4 Å². The van der Waals surface area contributed by atoms with Crippen LogP contribution in [0.25, 0.3) is 11.0 Å². The fraction of sp³-hybridized carbons (Fsp3) is 0.150. The minimum Gasteiger partial charge on any atom is -0.356 e. The van der Waals surface area contributed by atoms with Crippen LogP contribution in [0.3, 0.4) is 0 Å². The Labute approximate surface area is 165 Å². The SMILES string of the molecule is O=C(Cc1noc2cc(Cl)ccc12)NCc1csc(Cc2ccccc2)n1. The van der Waals surface area contributed by atoms with E-state index < -0.39 is 0 Å². The first-order valence-corrected chi connectivity index (χ1v) is 9.71. The highest BCUT2D eigenvalue weighted by atomic mass is 35.5. The standard InChI is InChI=1S/C20H16ClN3O2S/c21-14-6-7-16-17(24-26-18(16)9-14)10-19(25)22-11-15-12-27-20(23-15)8-13-4-2-1-3-5-13/h1-7,9,12H,8,10-11H2,(H,22,25). The molecule has 4 aromatic rings. The summed E-state index contributed by atoms with van der Waals surface area (Å²) < 4.78 is 5.23. The molecule has 2 aromatic heterocycles. The Balaban J connectivity index is 1.34. The van der Waals surface area contributed by atoms with Crippen LogP contribution in [0.1, 0.15) is 22.0 Å². The number of hydrogen-bond donors (Lipinski definition) is 1. The molecule has 27 heavy (non-hydrogen) atoms. The Hall–Kier alpha value is -2.70. The first kappa shape index (κ1) is 17.7. The van der Waals surface area contributed by atoms with Gasteiger partial charge in [-0.25, -0.2) is 4.98 Å². The van der Waals surface area contributed by atoms with Crippen molar-refractivity contribution in [1.29, 1.82) is 0 Å². The number of carbonyl (C=O) groups is 1. The molecular formula is C20H16ClN3O2S. The van der Waals surface area contributed by atoms with Gasteiger partial charge in [0.2, 0.25) is 5.91 Å². The number of halogens is 1. The van der Waals surface area contributed by atoms with Crippen molar-refractivity contribution in [3.05, 3.63) is 80.9 Å². The number of amides is 1. The average molecular weight is 398 g/mol. The van der Waals surface area contributed by atoms with Crippen LogP contribution in [0.4, 0.5) is 0 Å². The Morgan fingerprint density at radius 1 is 1.19 bits per heavy atom. The summed E-state index contributed by atoms with van der Waals surface area (Å²) in [6.07, 6.45) is 0.947. The van der Waals surface area contributed by atoms with Gasteiger partial charge >= 0.3 is 0 Å². The van der Waals surface area contributed by atoms with E-state index in [1.165, 1.54) is 5.56 Å². The molecule has 0 bridgehead atoms. The van der Waals surface area contributed by atoms with E-state index in [4.69, 9.17) is 16.1 Å². The first-order valence-electron chi connectivity index (χ1n) is 8.45. The summed E-state index contributed by atoms with van der Waals surface area (Å²) in [5.74, 6) is -0.127. The lowest BCUT2D eigenvalue weighted by Crippen LogP contribution is -2.24. The molecule has 0 aliphatic heterocycles. The van der Waals surface area contributed by atoms with E-state index in [1.54, 1.807) is 23.5 Å². The molecule has 0 radical (unpaired) electrons. The lowest BCUT2D eigenvalue weighted by atomic mass is 10.1. The quantitative estimate of drug-likeness (QED) is 0.524. The highest BCUT2D eigenvalue weighted by Crippen LogP contribution is 2.22. The van der Waals surface area contributed by atoms with Crippen molar-refractivity contribution in [2.24, 2.45) is 0 Å². The fourth-order valence-corrected chi connectivity index (χ4v) is 3.77. The van der Waals surface area contributed by atoms with Crippen LogP contribution in [0.5, 0.6) is 0 Å². The maximum Gasteiger partial charge on any atom is 0.226 e. The number of carbonyl (C=O) groups excluding carboxylic acids is 1. The predicted octanol–water partition coefficient (Wildman–Crippen LogP) is 4.39. The smallest absolute Gasteiger partial charge is 0.226 e. The van der Waals surface area contributed by atoms with Crippen molar-refractivity contribution in [1.82, 2.24) is 15.5 Å². The minimum atomic E-state index is -0.127. The number of nitrogens with zero attached hydrogens (tertiary/aromatic N) is 2. The van der Waals surface area contributed by atoms with Crippen LogP contribution in [0, 0.1) is 0 Å². The molecule has 0 aliphatic rings. The van der Waals surface area contributed by atoms with Gasteiger partial charge in [0.25, 0.3) is 0 Å². The Bertz CT molecular complexity index is 1080. The number of aromatic nitrogens is 2. The van der Waals surface area contributed by atoms with E-state index in [0.717, 1.165) is 22.5 Å². The molecule has 1 N–H and O–H groups in total. The summed E-state index contributed by atoms with van der Waals surface area (Å²) in [5, 5.41) is 11.2. The molecule has 0 saturated carbocycles. The van der Waals surface area contributed by atoms with Crippen molar-refractivity contribution in [3.8, 4) is 0 Å². The summed E-state index contributed by atoms with van der Waals surface area (Å²) in [7, 11) is 0. The first-order chi connectivity index (χ1) is 13.2. The molecule has 0 unspecified atom stereocenters. The molecule has 136 valence electrons. The summed E-state index contributed by atoms with van der Waals surface area (Å²) in [4.78, 5) is 16.8. The Morgan fingerprint density at radius 3 is 2.89 bits per heavy atom. The summed E-state index contributed by atoms with van der Waals surface area (Å²) in [5.41, 5.74) is 3.26. The third-order valence-electron chi connectivity index (χ3n) is 4.10. The van der Waals surface area contributed by atoms with Gasteiger partial charge in [-0.15, -0.1) is 11.3 Å². The van der Waals surface area contributed by atoms with Crippen molar-refractivity contribution < 1.29 is 9.32 Å². The Kier molecular flexibility index (Phi) is 5.18. The van der Waals surface area contributed by atoms with Crippen LogP contribution >= 0.6 is 22.9 Å². The molecule has 0 atom stereocenters. The molecule has 7 heteroatoms. The maximum atomic E-state index is 12.2.